The Bertz CT molecular complexity index is 576. The summed E-state index contributed by atoms with van der Waals surface area (Å²) in [5.74, 6) is 0. The first kappa shape index (κ1) is 14.1. The number of rotatable bonds is 3. The van der Waals surface area contributed by atoms with Crippen molar-refractivity contribution in [3.63, 3.8) is 0 Å². The zero-order valence-corrected chi connectivity index (χ0v) is 12.2. The number of nitrogens with zero attached hydrogens (tertiary/aromatic N) is 1. The van der Waals surface area contributed by atoms with Gasteiger partial charge < -0.3 is 10.8 Å². The van der Waals surface area contributed by atoms with Crippen LogP contribution >= 0.6 is 0 Å². The minimum Gasteiger partial charge on any atom is -0.399 e. The zero-order valence-electron chi connectivity index (χ0n) is 12.2. The van der Waals surface area contributed by atoms with Crippen molar-refractivity contribution in [2.45, 2.75) is 25.0 Å². The summed E-state index contributed by atoms with van der Waals surface area (Å²) >= 11 is 0. The molecule has 0 radical (unpaired) electrons. The third kappa shape index (κ3) is 2.67. The van der Waals surface area contributed by atoms with E-state index in [-0.39, 0.29) is 0 Å². The maximum absolute atomic E-state index is 11.6. The van der Waals surface area contributed by atoms with Crippen LogP contribution in [0.2, 0.25) is 0 Å². The second-order valence-corrected chi connectivity index (χ2v) is 5.71. The molecule has 3 N–H and O–H groups in total. The highest BCUT2D eigenvalue weighted by molar-refractivity contribution is 5.44. The maximum atomic E-state index is 11.6. The van der Waals surface area contributed by atoms with Crippen LogP contribution in [0.1, 0.15) is 30.4 Å². The molecule has 1 aliphatic heterocycles. The summed E-state index contributed by atoms with van der Waals surface area (Å²) in [6.45, 7) is 1.82. The monoisotopic (exact) mass is 282 g/mol. The average molecular weight is 282 g/mol. The molecule has 0 aromatic heterocycles. The highest BCUT2D eigenvalue weighted by Crippen LogP contribution is 2.35. The minimum absolute atomic E-state index is 0.716. The lowest BCUT2D eigenvalue weighted by Crippen LogP contribution is -2.49. The van der Waals surface area contributed by atoms with Gasteiger partial charge in [0.25, 0.3) is 0 Å². The molecule has 0 saturated carbocycles. The van der Waals surface area contributed by atoms with Crippen LogP contribution in [0.5, 0.6) is 0 Å². The van der Waals surface area contributed by atoms with Crippen molar-refractivity contribution in [3.05, 3.63) is 65.7 Å². The molecule has 3 heteroatoms. The molecule has 3 nitrogen and oxygen atoms in total. The van der Waals surface area contributed by atoms with Crippen molar-refractivity contribution in [2.75, 3.05) is 18.8 Å². The van der Waals surface area contributed by atoms with E-state index in [1.165, 1.54) is 6.42 Å². The molecule has 1 saturated heterocycles. The van der Waals surface area contributed by atoms with E-state index in [4.69, 9.17) is 5.73 Å². The van der Waals surface area contributed by atoms with Crippen molar-refractivity contribution < 1.29 is 5.11 Å². The van der Waals surface area contributed by atoms with E-state index in [0.29, 0.717) is 5.69 Å². The van der Waals surface area contributed by atoms with Crippen molar-refractivity contribution in [1.29, 1.82) is 0 Å². The second-order valence-electron chi connectivity index (χ2n) is 5.71. The first-order valence-electron chi connectivity index (χ1n) is 7.60. The van der Waals surface area contributed by atoms with E-state index in [0.717, 1.165) is 37.1 Å². The smallest absolute Gasteiger partial charge is 0.171 e. The van der Waals surface area contributed by atoms with Gasteiger partial charge in [-0.3, -0.25) is 4.90 Å². The Morgan fingerprint density at radius 1 is 0.810 bits per heavy atom. The van der Waals surface area contributed by atoms with Crippen LogP contribution in [-0.4, -0.2) is 23.1 Å². The van der Waals surface area contributed by atoms with E-state index in [1.807, 2.05) is 54.6 Å². The van der Waals surface area contributed by atoms with Gasteiger partial charge in [0, 0.05) is 29.9 Å². The Kier molecular flexibility index (Phi) is 3.95. The largest absolute Gasteiger partial charge is 0.399 e. The van der Waals surface area contributed by atoms with Gasteiger partial charge in [-0.1, -0.05) is 48.9 Å². The van der Waals surface area contributed by atoms with Crippen LogP contribution in [0.3, 0.4) is 0 Å². The normalized spacial score (nSPS) is 19.1. The lowest BCUT2D eigenvalue weighted by molar-refractivity contribution is -0.0893. The summed E-state index contributed by atoms with van der Waals surface area (Å²) in [7, 11) is 0. The lowest BCUT2D eigenvalue weighted by atomic mass is 9.90. The van der Waals surface area contributed by atoms with Crippen molar-refractivity contribution >= 4 is 5.69 Å². The summed E-state index contributed by atoms with van der Waals surface area (Å²) in [5.41, 5.74) is 7.23. The zero-order chi connectivity index (χ0) is 14.7. The molecule has 3 rings (SSSR count). The molecule has 2 aromatic rings. The Hall–Kier alpha value is -1.84. The number of benzene rings is 2. The van der Waals surface area contributed by atoms with Crippen LogP contribution in [0.25, 0.3) is 0 Å². The van der Waals surface area contributed by atoms with Crippen molar-refractivity contribution in [2.24, 2.45) is 0 Å². The maximum Gasteiger partial charge on any atom is 0.171 e. The number of piperidine rings is 1. The average Bonchev–Trinajstić information content (AvgIpc) is 2.56. The van der Waals surface area contributed by atoms with Crippen molar-refractivity contribution in [3.8, 4) is 0 Å². The number of likely N-dealkylation sites (tertiary alicyclic amines) is 1. The Balaban J connectivity index is 2.07. The summed E-state index contributed by atoms with van der Waals surface area (Å²) < 4.78 is 0. The van der Waals surface area contributed by atoms with Gasteiger partial charge in [-0.25, -0.2) is 0 Å². The van der Waals surface area contributed by atoms with Gasteiger partial charge in [0.2, 0.25) is 0 Å². The van der Waals surface area contributed by atoms with Gasteiger partial charge in [-0.2, -0.15) is 0 Å². The fraction of sp³-hybridized carbons (Fsp3) is 0.333. The predicted octanol–water partition coefficient (Wildman–Crippen LogP) is 2.95. The van der Waals surface area contributed by atoms with Crippen molar-refractivity contribution in [1.82, 2.24) is 4.90 Å². The first-order chi connectivity index (χ1) is 10.2. The standard InChI is InChI=1S/C18H22N2O/c19-17-11-9-16(10-12-17)18(21,15-7-3-1-4-8-15)20-13-5-2-6-14-20/h1,3-4,7-12,21H,2,5-6,13-14,19H2. The molecule has 1 atom stereocenters. The van der Waals surface area contributed by atoms with Crippen LogP contribution in [0.15, 0.2) is 54.6 Å². The Morgan fingerprint density at radius 3 is 2.00 bits per heavy atom. The van der Waals surface area contributed by atoms with E-state index in [9.17, 15) is 5.11 Å². The number of nitrogen functional groups attached to an aromatic ring is 1. The molecule has 2 aromatic carbocycles. The lowest BCUT2D eigenvalue weighted by Gasteiger charge is -2.42. The molecule has 1 heterocycles. The predicted molar refractivity (Wildman–Crippen MR) is 85.7 cm³/mol. The van der Waals surface area contributed by atoms with Gasteiger partial charge in [-0.15, -0.1) is 0 Å². The summed E-state index contributed by atoms with van der Waals surface area (Å²) in [5, 5.41) is 11.6. The third-order valence-electron chi connectivity index (χ3n) is 4.30. The quantitative estimate of drug-likeness (QED) is 0.851. The molecule has 1 fully saturated rings. The number of hydrogen-bond donors (Lipinski definition) is 2. The molecule has 0 amide bonds. The number of anilines is 1. The summed E-state index contributed by atoms with van der Waals surface area (Å²) in [6.07, 6.45) is 3.50. The third-order valence-corrected chi connectivity index (χ3v) is 4.30. The second kappa shape index (κ2) is 5.88. The molecule has 0 aliphatic carbocycles. The van der Waals surface area contributed by atoms with Crippen LogP contribution < -0.4 is 5.73 Å². The molecule has 0 bridgehead atoms. The number of hydrogen-bond acceptors (Lipinski definition) is 3. The van der Waals surface area contributed by atoms with E-state index in [1.54, 1.807) is 0 Å². The van der Waals surface area contributed by atoms with Gasteiger partial charge in [0.05, 0.1) is 0 Å². The number of nitrogens with two attached hydrogens (primary N) is 1. The first-order valence-corrected chi connectivity index (χ1v) is 7.60. The highest BCUT2D eigenvalue weighted by atomic mass is 16.3. The fourth-order valence-corrected chi connectivity index (χ4v) is 3.14. The van der Waals surface area contributed by atoms with E-state index < -0.39 is 5.72 Å². The molecule has 0 spiro atoms. The van der Waals surface area contributed by atoms with E-state index in [2.05, 4.69) is 4.90 Å². The Morgan fingerprint density at radius 2 is 1.38 bits per heavy atom. The Labute approximate surface area is 126 Å². The van der Waals surface area contributed by atoms with Gasteiger partial charge >= 0.3 is 0 Å². The highest BCUT2D eigenvalue weighted by Gasteiger charge is 2.38. The van der Waals surface area contributed by atoms with E-state index >= 15 is 0 Å². The molecular weight excluding hydrogens is 260 g/mol. The topological polar surface area (TPSA) is 49.5 Å². The molecule has 110 valence electrons. The number of aliphatic hydroxyl groups is 1. The molecule has 1 unspecified atom stereocenters. The van der Waals surface area contributed by atoms with Gasteiger partial charge in [0.15, 0.2) is 5.72 Å². The summed E-state index contributed by atoms with van der Waals surface area (Å²) in [6, 6.07) is 17.5. The van der Waals surface area contributed by atoms with Crippen LogP contribution in [-0.2, 0) is 5.72 Å². The SMILES string of the molecule is Nc1ccc(C(O)(c2ccccc2)N2CCCCC2)cc1. The summed E-state index contributed by atoms with van der Waals surface area (Å²) in [4.78, 5) is 2.18. The van der Waals surface area contributed by atoms with Crippen LogP contribution in [0, 0.1) is 0 Å². The fourth-order valence-electron chi connectivity index (χ4n) is 3.14. The molecule has 21 heavy (non-hydrogen) atoms. The molecule has 1 aliphatic rings. The van der Waals surface area contributed by atoms with Crippen LogP contribution in [0.4, 0.5) is 5.69 Å². The molecular formula is C18H22N2O. The minimum atomic E-state index is -1.07. The van der Waals surface area contributed by atoms with Gasteiger partial charge in [-0.05, 0) is 25.0 Å². The van der Waals surface area contributed by atoms with Gasteiger partial charge in [0.1, 0.15) is 0 Å².